The van der Waals surface area contributed by atoms with Crippen molar-refractivity contribution in [2.75, 3.05) is 20.3 Å². The number of halogens is 2. The summed E-state index contributed by atoms with van der Waals surface area (Å²) in [5.74, 6) is -0.561. The first-order chi connectivity index (χ1) is 11.0. The summed E-state index contributed by atoms with van der Waals surface area (Å²) in [6, 6.07) is 4.21. The van der Waals surface area contributed by atoms with Gasteiger partial charge in [-0.1, -0.05) is 29.3 Å². The van der Waals surface area contributed by atoms with Crippen LogP contribution in [0, 0.1) is 0 Å². The fourth-order valence-corrected chi connectivity index (χ4v) is 2.52. The summed E-state index contributed by atoms with van der Waals surface area (Å²) in [5, 5.41) is 5.26. The molecule has 1 fully saturated rings. The molecule has 0 aromatic heterocycles. The Hall–Kier alpha value is -1.34. The molecule has 1 aromatic carbocycles. The zero-order valence-electron chi connectivity index (χ0n) is 12.6. The predicted octanol–water partition coefficient (Wildman–Crippen LogP) is 2.69. The van der Waals surface area contributed by atoms with Crippen LogP contribution in [0.3, 0.4) is 0 Å². The molecule has 1 saturated heterocycles. The van der Waals surface area contributed by atoms with E-state index in [2.05, 4.69) is 10.6 Å². The Kier molecular flexibility index (Phi) is 6.65. The number of nitrogens with one attached hydrogen (secondary N) is 2. The van der Waals surface area contributed by atoms with Gasteiger partial charge in [0.05, 0.1) is 16.1 Å². The number of urea groups is 1. The van der Waals surface area contributed by atoms with Gasteiger partial charge >= 0.3 is 6.03 Å². The highest BCUT2D eigenvalue weighted by atomic mass is 35.5. The zero-order valence-corrected chi connectivity index (χ0v) is 14.1. The molecule has 0 saturated carbocycles. The molecular formula is C15H18Cl2N2O4. The average molecular weight is 361 g/mol. The molecule has 126 valence electrons. The molecule has 1 atom stereocenters. The Morgan fingerprint density at radius 1 is 1.26 bits per heavy atom. The first-order valence-corrected chi connectivity index (χ1v) is 7.97. The molecule has 23 heavy (non-hydrogen) atoms. The lowest BCUT2D eigenvalue weighted by atomic mass is 10.1. The molecule has 0 radical (unpaired) electrons. The van der Waals surface area contributed by atoms with E-state index in [0.29, 0.717) is 41.7 Å². The topological polar surface area (TPSA) is 76.7 Å². The van der Waals surface area contributed by atoms with E-state index in [0.717, 1.165) is 0 Å². The van der Waals surface area contributed by atoms with Crippen molar-refractivity contribution in [1.82, 2.24) is 10.6 Å². The van der Waals surface area contributed by atoms with Gasteiger partial charge in [0.25, 0.3) is 5.91 Å². The van der Waals surface area contributed by atoms with Crippen molar-refractivity contribution >= 4 is 35.1 Å². The third kappa shape index (κ3) is 5.07. The smallest absolute Gasteiger partial charge is 0.321 e. The number of hydrogen-bond donors (Lipinski definition) is 2. The average Bonchev–Trinajstić information content (AvgIpc) is 2.56. The largest absolute Gasteiger partial charge is 0.381 e. The second-order valence-corrected chi connectivity index (χ2v) is 5.88. The van der Waals surface area contributed by atoms with Crippen LogP contribution < -0.4 is 10.6 Å². The highest BCUT2D eigenvalue weighted by Gasteiger charge is 2.28. The lowest BCUT2D eigenvalue weighted by molar-refractivity contribution is -0.140. The lowest BCUT2D eigenvalue weighted by Crippen LogP contribution is -2.42. The van der Waals surface area contributed by atoms with Crippen molar-refractivity contribution in [3.63, 3.8) is 0 Å². The molecule has 2 N–H and O–H groups in total. The summed E-state index contributed by atoms with van der Waals surface area (Å²) in [6.07, 6.45) is 0.291. The van der Waals surface area contributed by atoms with E-state index < -0.39 is 18.0 Å². The summed E-state index contributed by atoms with van der Waals surface area (Å²) in [6.45, 7) is 1.16. The number of imide groups is 1. The van der Waals surface area contributed by atoms with Crippen molar-refractivity contribution in [3.05, 3.63) is 33.8 Å². The van der Waals surface area contributed by atoms with Gasteiger partial charge in [0.15, 0.2) is 6.10 Å². The summed E-state index contributed by atoms with van der Waals surface area (Å²) in [5.41, 5.74) is 0.535. The quantitative estimate of drug-likeness (QED) is 0.865. The molecule has 0 aliphatic carbocycles. The third-order valence-electron chi connectivity index (χ3n) is 3.45. The highest BCUT2D eigenvalue weighted by molar-refractivity contribution is 6.42. The summed E-state index contributed by atoms with van der Waals surface area (Å²) in [7, 11) is 1.43. The number of ether oxygens (including phenoxy) is 2. The van der Waals surface area contributed by atoms with Crippen molar-refractivity contribution in [2.45, 2.75) is 25.0 Å². The molecule has 6 nitrogen and oxygen atoms in total. The van der Waals surface area contributed by atoms with Crippen LogP contribution in [0.4, 0.5) is 4.79 Å². The maximum absolute atomic E-state index is 12.4. The van der Waals surface area contributed by atoms with E-state index in [1.165, 1.54) is 7.05 Å². The van der Waals surface area contributed by atoms with Gasteiger partial charge in [0.2, 0.25) is 0 Å². The van der Waals surface area contributed by atoms with E-state index in [4.69, 9.17) is 32.7 Å². The van der Waals surface area contributed by atoms with Crippen LogP contribution in [0.15, 0.2) is 18.2 Å². The van der Waals surface area contributed by atoms with Crippen molar-refractivity contribution in [3.8, 4) is 0 Å². The van der Waals surface area contributed by atoms with Crippen molar-refractivity contribution in [1.29, 1.82) is 0 Å². The van der Waals surface area contributed by atoms with Gasteiger partial charge in [-0.25, -0.2) is 4.79 Å². The molecule has 0 spiro atoms. The number of benzene rings is 1. The molecule has 1 aliphatic rings. The van der Waals surface area contributed by atoms with Crippen LogP contribution in [0.1, 0.15) is 24.5 Å². The van der Waals surface area contributed by atoms with Crippen LogP contribution in [-0.4, -0.2) is 38.3 Å². The highest BCUT2D eigenvalue weighted by Crippen LogP contribution is 2.29. The van der Waals surface area contributed by atoms with Crippen molar-refractivity contribution < 1.29 is 19.1 Å². The minimum Gasteiger partial charge on any atom is -0.381 e. The van der Waals surface area contributed by atoms with Gasteiger partial charge in [-0.15, -0.1) is 0 Å². The second kappa shape index (κ2) is 8.49. The predicted molar refractivity (Wildman–Crippen MR) is 86.7 cm³/mol. The Bertz CT molecular complexity index is 577. The van der Waals surface area contributed by atoms with Gasteiger partial charge < -0.3 is 14.8 Å². The summed E-state index contributed by atoms with van der Waals surface area (Å²) in [4.78, 5) is 23.8. The number of carbonyl (C=O) groups is 2. The minimum atomic E-state index is -0.954. The van der Waals surface area contributed by atoms with Gasteiger partial charge in [0, 0.05) is 20.3 Å². The maximum atomic E-state index is 12.4. The second-order valence-electron chi connectivity index (χ2n) is 5.07. The Labute approximate surface area is 144 Å². The first-order valence-electron chi connectivity index (χ1n) is 7.22. The normalized spacial score (nSPS) is 16.7. The van der Waals surface area contributed by atoms with Gasteiger partial charge in [0.1, 0.15) is 0 Å². The van der Waals surface area contributed by atoms with E-state index in [9.17, 15) is 9.59 Å². The molecule has 2 rings (SSSR count). The Morgan fingerprint density at radius 2 is 1.96 bits per heavy atom. The van der Waals surface area contributed by atoms with E-state index >= 15 is 0 Å². The molecule has 1 aliphatic heterocycles. The van der Waals surface area contributed by atoms with Crippen LogP contribution in [0.25, 0.3) is 0 Å². The summed E-state index contributed by atoms with van der Waals surface area (Å²) >= 11 is 11.9. The monoisotopic (exact) mass is 360 g/mol. The number of carbonyl (C=O) groups excluding carboxylic acids is 2. The van der Waals surface area contributed by atoms with Crippen LogP contribution >= 0.6 is 23.2 Å². The van der Waals surface area contributed by atoms with Crippen LogP contribution in [0.2, 0.25) is 10.0 Å². The lowest BCUT2D eigenvalue weighted by Gasteiger charge is -2.27. The number of amides is 3. The number of rotatable bonds is 4. The van der Waals surface area contributed by atoms with Crippen molar-refractivity contribution in [2.24, 2.45) is 0 Å². The van der Waals surface area contributed by atoms with Crippen LogP contribution in [0.5, 0.6) is 0 Å². The molecule has 3 amide bonds. The first kappa shape index (κ1) is 18.0. The molecule has 0 bridgehead atoms. The minimum absolute atomic E-state index is 0.126. The van der Waals surface area contributed by atoms with E-state index in [1.54, 1.807) is 18.2 Å². The molecule has 1 aromatic rings. The van der Waals surface area contributed by atoms with E-state index in [1.807, 2.05) is 0 Å². The fraction of sp³-hybridized carbons (Fsp3) is 0.467. The third-order valence-corrected chi connectivity index (χ3v) is 4.18. The Morgan fingerprint density at radius 3 is 2.57 bits per heavy atom. The van der Waals surface area contributed by atoms with E-state index in [-0.39, 0.29) is 6.10 Å². The molecule has 1 unspecified atom stereocenters. The molecule has 8 heteroatoms. The Balaban J connectivity index is 2.20. The van der Waals surface area contributed by atoms with Crippen LogP contribution in [-0.2, 0) is 14.3 Å². The van der Waals surface area contributed by atoms with Gasteiger partial charge in [-0.3, -0.25) is 10.1 Å². The van der Waals surface area contributed by atoms with Gasteiger partial charge in [-0.05, 0) is 30.5 Å². The SMILES string of the molecule is CNC(=O)NC(=O)C(OC1CCOCC1)c1ccc(Cl)c(Cl)c1. The number of hydrogen-bond acceptors (Lipinski definition) is 4. The molecule has 1 heterocycles. The zero-order chi connectivity index (χ0) is 16.8. The standard InChI is InChI=1S/C15H18Cl2N2O4/c1-18-15(21)19-14(20)13(23-10-4-6-22-7-5-10)9-2-3-11(16)12(17)8-9/h2-3,8,10,13H,4-7H2,1H3,(H2,18,19,20,21). The molecular weight excluding hydrogens is 343 g/mol. The van der Waals surface area contributed by atoms with Gasteiger partial charge in [-0.2, -0.15) is 0 Å². The summed E-state index contributed by atoms with van der Waals surface area (Å²) < 4.78 is 11.2. The maximum Gasteiger partial charge on any atom is 0.321 e. The fourth-order valence-electron chi connectivity index (χ4n) is 2.21.